The van der Waals surface area contributed by atoms with E-state index < -0.39 is 0 Å². The average Bonchev–Trinajstić information content (AvgIpc) is 3.85. The molecule has 0 radical (unpaired) electrons. The summed E-state index contributed by atoms with van der Waals surface area (Å²) in [6, 6.07) is 45.1. The molecule has 5 heteroatoms. The van der Waals surface area contributed by atoms with Gasteiger partial charge in [-0.2, -0.15) is 0 Å². The van der Waals surface area contributed by atoms with Crippen LogP contribution in [0.2, 0.25) is 0 Å². The maximum absolute atomic E-state index is 6.63. The van der Waals surface area contributed by atoms with Crippen LogP contribution in [-0.4, -0.2) is 21.1 Å². The number of rotatable bonds is 6. The van der Waals surface area contributed by atoms with Gasteiger partial charge in [0, 0.05) is 32.5 Å². The fraction of sp³-hybridized carbons (Fsp3) is 0.118. The van der Waals surface area contributed by atoms with Crippen LogP contribution in [0.25, 0.3) is 66.8 Å². The van der Waals surface area contributed by atoms with Crippen molar-refractivity contribution >= 4 is 33.1 Å². The monoisotopic (exact) mass is 739 g/mol. The highest BCUT2D eigenvalue weighted by Crippen LogP contribution is 2.48. The topological polar surface area (TPSA) is 47.9 Å². The van der Waals surface area contributed by atoms with Crippen LogP contribution >= 0.6 is 11.3 Å². The van der Waals surface area contributed by atoms with Gasteiger partial charge < -0.3 is 4.74 Å². The van der Waals surface area contributed by atoms with Crippen molar-refractivity contribution in [2.75, 3.05) is 0 Å². The second-order valence-corrected chi connectivity index (χ2v) is 15.9. The lowest BCUT2D eigenvalue weighted by Gasteiger charge is -2.25. The zero-order valence-corrected chi connectivity index (χ0v) is 31.5. The molecule has 56 heavy (non-hydrogen) atoms. The molecule has 7 aromatic rings. The zero-order chi connectivity index (χ0) is 37.0. The third-order valence-electron chi connectivity index (χ3n) is 11.6. The average molecular weight is 740 g/mol. The second kappa shape index (κ2) is 13.7. The molecule has 3 aliphatic carbocycles. The molecule has 0 amide bonds. The van der Waals surface area contributed by atoms with E-state index in [1.54, 1.807) is 0 Å². The molecule has 0 bridgehead atoms. The molecular formula is C51H37N3OS. The number of nitrogens with zero attached hydrogens (tertiary/aromatic N) is 3. The highest BCUT2D eigenvalue weighted by molar-refractivity contribution is 7.20. The molecule has 2 aromatic heterocycles. The predicted octanol–water partition coefficient (Wildman–Crippen LogP) is 12.7. The van der Waals surface area contributed by atoms with Gasteiger partial charge in [-0.1, -0.05) is 152 Å². The van der Waals surface area contributed by atoms with Crippen LogP contribution in [-0.2, 0) is 11.2 Å². The Bertz CT molecular complexity index is 2790. The van der Waals surface area contributed by atoms with Crippen molar-refractivity contribution in [2.45, 2.75) is 31.3 Å². The van der Waals surface area contributed by atoms with Crippen molar-refractivity contribution in [3.05, 3.63) is 197 Å². The van der Waals surface area contributed by atoms with E-state index in [0.717, 1.165) is 47.5 Å². The van der Waals surface area contributed by atoms with Crippen molar-refractivity contribution in [1.29, 1.82) is 0 Å². The lowest BCUT2D eigenvalue weighted by atomic mass is 9.78. The van der Waals surface area contributed by atoms with E-state index in [-0.39, 0.29) is 17.9 Å². The molecule has 3 unspecified atom stereocenters. The Hall–Kier alpha value is -6.43. The molecule has 268 valence electrons. The molecule has 5 aromatic carbocycles. The van der Waals surface area contributed by atoms with Gasteiger partial charge >= 0.3 is 0 Å². The van der Waals surface area contributed by atoms with E-state index in [0.29, 0.717) is 11.6 Å². The molecule has 11 rings (SSSR count). The minimum absolute atomic E-state index is 0.0452. The number of aromatic nitrogens is 3. The van der Waals surface area contributed by atoms with Gasteiger partial charge in [-0.25, -0.2) is 15.0 Å². The van der Waals surface area contributed by atoms with Gasteiger partial charge in [0.05, 0.1) is 0 Å². The molecule has 0 saturated carbocycles. The molecule has 3 atom stereocenters. The Morgan fingerprint density at radius 3 is 2.05 bits per heavy atom. The molecule has 1 aliphatic heterocycles. The summed E-state index contributed by atoms with van der Waals surface area (Å²) in [6.45, 7) is 0. The summed E-state index contributed by atoms with van der Waals surface area (Å²) >= 11 is 1.92. The molecular weight excluding hydrogens is 703 g/mol. The molecule has 0 fully saturated rings. The molecule has 0 spiro atoms. The van der Waals surface area contributed by atoms with E-state index in [9.17, 15) is 0 Å². The number of thiophene rings is 1. The minimum atomic E-state index is -0.0646. The minimum Gasteiger partial charge on any atom is -0.485 e. The van der Waals surface area contributed by atoms with Crippen LogP contribution in [0.15, 0.2) is 175 Å². The van der Waals surface area contributed by atoms with Gasteiger partial charge in [0.1, 0.15) is 17.7 Å². The fourth-order valence-electron chi connectivity index (χ4n) is 8.74. The molecule has 4 aliphatic rings. The van der Waals surface area contributed by atoms with Crippen LogP contribution < -0.4 is 0 Å². The predicted molar refractivity (Wildman–Crippen MR) is 230 cm³/mol. The largest absolute Gasteiger partial charge is 0.485 e. The third kappa shape index (κ3) is 5.78. The van der Waals surface area contributed by atoms with Gasteiger partial charge in [0.25, 0.3) is 0 Å². The Morgan fingerprint density at radius 2 is 1.27 bits per heavy atom. The van der Waals surface area contributed by atoms with E-state index in [1.807, 2.05) is 35.6 Å². The summed E-state index contributed by atoms with van der Waals surface area (Å²) in [5, 5.41) is 1.41. The van der Waals surface area contributed by atoms with E-state index in [2.05, 4.69) is 146 Å². The van der Waals surface area contributed by atoms with Crippen LogP contribution in [0.4, 0.5) is 0 Å². The second-order valence-electron chi connectivity index (χ2n) is 14.9. The molecule has 3 heterocycles. The maximum atomic E-state index is 6.63. The van der Waals surface area contributed by atoms with Crippen LogP contribution in [0.5, 0.6) is 0 Å². The third-order valence-corrected chi connectivity index (χ3v) is 12.8. The van der Waals surface area contributed by atoms with Gasteiger partial charge in [0.2, 0.25) is 0 Å². The summed E-state index contributed by atoms with van der Waals surface area (Å²) < 4.78 is 8.01. The molecule has 0 saturated heterocycles. The summed E-state index contributed by atoms with van der Waals surface area (Å²) in [5.41, 5.74) is 12.0. The first-order valence-corrected chi connectivity index (χ1v) is 20.3. The summed E-state index contributed by atoms with van der Waals surface area (Å²) in [7, 11) is 0. The Morgan fingerprint density at radius 1 is 0.589 bits per heavy atom. The zero-order valence-electron chi connectivity index (χ0n) is 30.7. The Balaban J connectivity index is 0.933. The van der Waals surface area contributed by atoms with Crippen LogP contribution in [0.1, 0.15) is 40.6 Å². The van der Waals surface area contributed by atoms with E-state index in [1.165, 1.54) is 53.9 Å². The van der Waals surface area contributed by atoms with Crippen molar-refractivity contribution in [3.8, 4) is 45.0 Å². The first kappa shape index (κ1) is 33.0. The number of hydrogen-bond acceptors (Lipinski definition) is 5. The highest BCUT2D eigenvalue weighted by atomic mass is 32.1. The number of hydrogen-bond donors (Lipinski definition) is 0. The Labute approximate surface area is 330 Å². The molecule has 0 N–H and O–H groups in total. The van der Waals surface area contributed by atoms with Gasteiger partial charge in [-0.05, 0) is 87.4 Å². The van der Waals surface area contributed by atoms with Crippen molar-refractivity contribution in [1.82, 2.24) is 15.0 Å². The van der Waals surface area contributed by atoms with Crippen molar-refractivity contribution in [2.24, 2.45) is 5.92 Å². The summed E-state index contributed by atoms with van der Waals surface area (Å²) in [6.07, 6.45) is 18.8. The smallest absolute Gasteiger partial charge is 0.163 e. The van der Waals surface area contributed by atoms with E-state index in [4.69, 9.17) is 19.7 Å². The van der Waals surface area contributed by atoms with Gasteiger partial charge in [-0.15, -0.1) is 11.3 Å². The van der Waals surface area contributed by atoms with Crippen molar-refractivity contribution < 1.29 is 4.74 Å². The van der Waals surface area contributed by atoms with Crippen LogP contribution in [0.3, 0.4) is 0 Å². The maximum Gasteiger partial charge on any atom is 0.163 e. The summed E-state index contributed by atoms with van der Waals surface area (Å²) in [5.74, 6) is 3.09. The van der Waals surface area contributed by atoms with Gasteiger partial charge in [-0.3, -0.25) is 0 Å². The van der Waals surface area contributed by atoms with Crippen molar-refractivity contribution in [3.63, 3.8) is 0 Å². The highest BCUT2D eigenvalue weighted by Gasteiger charge is 2.41. The first-order valence-electron chi connectivity index (χ1n) is 19.5. The quantitative estimate of drug-likeness (QED) is 0.170. The number of benzene rings is 5. The normalized spacial score (nSPS) is 19.4. The standard InChI is InChI=1S/C51H37N3OS/c1-3-11-32(12-4-1)33-23-27-37(28-24-33)50-52-49(36-13-5-2-6-14-36)53-51(54-50)42-18-10-19-45-47(42)43-31-38(29-30-44(43)55-45)34-21-25-35(26-22-34)39-16-9-17-41-40-15-7-8-20-46(40)56-48(39)41/h1-6,8-14,16-17,19-31,42-44H,7,15,18H2. The Kier molecular flexibility index (Phi) is 8.06. The first-order chi connectivity index (χ1) is 27.7. The number of fused-ring (bicyclic) bond motifs is 5. The van der Waals surface area contributed by atoms with Gasteiger partial charge in [0.15, 0.2) is 11.6 Å². The number of aryl methyl sites for hydroxylation is 1. The number of allylic oxidation sites excluding steroid dienone is 5. The number of ether oxygens (including phenoxy) is 1. The fourth-order valence-corrected chi connectivity index (χ4v) is 10.1. The molecule has 4 nitrogen and oxygen atoms in total. The lowest BCUT2D eigenvalue weighted by molar-refractivity contribution is 0.174. The lowest BCUT2D eigenvalue weighted by Crippen LogP contribution is -2.21. The SMILES string of the molecule is C1=Cc2sc3c(-c4ccc(C5=CC6C7=C(C=CCC7c7nc(-c8ccccc8)nc(-c8ccc(-c9ccccc9)cc8)n7)OC6C=C5)cc4)cccc3c2CC1. The van der Waals surface area contributed by atoms with E-state index >= 15 is 0 Å². The summed E-state index contributed by atoms with van der Waals surface area (Å²) in [4.78, 5) is 16.9. The van der Waals surface area contributed by atoms with Crippen LogP contribution in [0, 0.1) is 5.92 Å².